The summed E-state index contributed by atoms with van der Waals surface area (Å²) in [6.45, 7) is 5.96. The largest absolute Gasteiger partial charge is 0.329 e. The minimum atomic E-state index is 0.378. The van der Waals surface area contributed by atoms with E-state index in [1.165, 1.54) is 64.5 Å². The molecule has 2 saturated carbocycles. The number of hydrogen-bond donors (Lipinski definition) is 1. The van der Waals surface area contributed by atoms with Crippen LogP contribution in [0.3, 0.4) is 0 Å². The Morgan fingerprint density at radius 2 is 1.83 bits per heavy atom. The van der Waals surface area contributed by atoms with E-state index in [0.29, 0.717) is 5.54 Å². The lowest BCUT2D eigenvalue weighted by Gasteiger charge is -2.52. The van der Waals surface area contributed by atoms with Gasteiger partial charge in [-0.2, -0.15) is 0 Å². The molecule has 1 saturated heterocycles. The molecule has 0 aromatic heterocycles. The maximum atomic E-state index is 6.27. The van der Waals surface area contributed by atoms with Gasteiger partial charge in [0.05, 0.1) is 0 Å². The molecule has 0 radical (unpaired) electrons. The molecule has 4 unspecified atom stereocenters. The molecule has 3 fully saturated rings. The number of piperidine rings is 1. The molecule has 2 heteroatoms. The Morgan fingerprint density at radius 3 is 2.44 bits per heavy atom. The highest BCUT2D eigenvalue weighted by atomic mass is 15.2. The highest BCUT2D eigenvalue weighted by Crippen LogP contribution is 2.46. The van der Waals surface area contributed by atoms with Crippen LogP contribution in [0.5, 0.6) is 0 Å². The van der Waals surface area contributed by atoms with Crippen LogP contribution in [0, 0.1) is 17.8 Å². The summed E-state index contributed by atoms with van der Waals surface area (Å²) in [6, 6.07) is 0. The Labute approximate surface area is 112 Å². The minimum Gasteiger partial charge on any atom is -0.329 e. The van der Waals surface area contributed by atoms with Crippen LogP contribution in [-0.4, -0.2) is 30.1 Å². The smallest absolute Gasteiger partial charge is 0.0359 e. The third-order valence-electron chi connectivity index (χ3n) is 6.25. The zero-order chi connectivity index (χ0) is 12.6. The molecule has 0 amide bonds. The third-order valence-corrected chi connectivity index (χ3v) is 6.25. The van der Waals surface area contributed by atoms with Crippen molar-refractivity contribution in [3.63, 3.8) is 0 Å². The molecule has 104 valence electrons. The fraction of sp³-hybridized carbons (Fsp3) is 1.00. The number of likely N-dealkylation sites (tertiary alicyclic amines) is 1. The summed E-state index contributed by atoms with van der Waals surface area (Å²) in [7, 11) is 0. The first-order valence-electron chi connectivity index (χ1n) is 8.23. The molecule has 2 N–H and O–H groups in total. The van der Waals surface area contributed by atoms with Gasteiger partial charge in [-0.3, -0.25) is 4.90 Å². The van der Waals surface area contributed by atoms with Crippen molar-refractivity contribution in [2.75, 3.05) is 19.6 Å². The summed E-state index contributed by atoms with van der Waals surface area (Å²) < 4.78 is 0. The zero-order valence-corrected chi connectivity index (χ0v) is 12.0. The van der Waals surface area contributed by atoms with Crippen molar-refractivity contribution in [2.24, 2.45) is 23.5 Å². The number of rotatable bonds is 3. The Kier molecular flexibility index (Phi) is 3.68. The molecule has 0 aromatic rings. The van der Waals surface area contributed by atoms with E-state index < -0.39 is 0 Å². The molecule has 0 aromatic carbocycles. The second-order valence-electron chi connectivity index (χ2n) is 7.11. The van der Waals surface area contributed by atoms with Gasteiger partial charge in [0.15, 0.2) is 0 Å². The molecular formula is C16H30N2. The van der Waals surface area contributed by atoms with Crippen molar-refractivity contribution >= 4 is 0 Å². The molecule has 2 aliphatic carbocycles. The van der Waals surface area contributed by atoms with Crippen LogP contribution in [0.4, 0.5) is 0 Å². The number of hydrogen-bond acceptors (Lipinski definition) is 2. The van der Waals surface area contributed by atoms with E-state index in [2.05, 4.69) is 11.8 Å². The van der Waals surface area contributed by atoms with Gasteiger partial charge in [0.25, 0.3) is 0 Å². The van der Waals surface area contributed by atoms with Crippen molar-refractivity contribution in [3.05, 3.63) is 0 Å². The number of nitrogens with two attached hydrogens (primary N) is 1. The van der Waals surface area contributed by atoms with Crippen LogP contribution >= 0.6 is 0 Å². The fourth-order valence-electron chi connectivity index (χ4n) is 5.32. The molecule has 4 atom stereocenters. The van der Waals surface area contributed by atoms with Crippen LogP contribution in [0.1, 0.15) is 58.3 Å². The van der Waals surface area contributed by atoms with E-state index in [9.17, 15) is 0 Å². The highest BCUT2D eigenvalue weighted by Gasteiger charge is 2.48. The minimum absolute atomic E-state index is 0.378. The third kappa shape index (κ3) is 2.02. The highest BCUT2D eigenvalue weighted by molar-refractivity contribution is 5.03. The molecular weight excluding hydrogens is 220 g/mol. The summed E-state index contributed by atoms with van der Waals surface area (Å²) in [4.78, 5) is 2.85. The van der Waals surface area contributed by atoms with Crippen molar-refractivity contribution in [3.8, 4) is 0 Å². The van der Waals surface area contributed by atoms with Gasteiger partial charge in [0.2, 0.25) is 0 Å². The Bertz CT molecular complexity index is 279. The first-order chi connectivity index (χ1) is 8.78. The van der Waals surface area contributed by atoms with Crippen molar-refractivity contribution in [1.29, 1.82) is 0 Å². The molecule has 0 spiro atoms. The fourth-order valence-corrected chi connectivity index (χ4v) is 5.32. The van der Waals surface area contributed by atoms with Gasteiger partial charge in [-0.15, -0.1) is 0 Å². The normalized spacial score (nSPS) is 45.3. The van der Waals surface area contributed by atoms with Gasteiger partial charge in [0.1, 0.15) is 0 Å². The van der Waals surface area contributed by atoms with Gasteiger partial charge in [-0.1, -0.05) is 26.2 Å². The molecule has 18 heavy (non-hydrogen) atoms. The van der Waals surface area contributed by atoms with Gasteiger partial charge in [0, 0.05) is 25.2 Å². The summed E-state index contributed by atoms with van der Waals surface area (Å²) in [5, 5.41) is 0. The summed E-state index contributed by atoms with van der Waals surface area (Å²) in [6.07, 6.45) is 11.4. The summed E-state index contributed by atoms with van der Waals surface area (Å²) >= 11 is 0. The van der Waals surface area contributed by atoms with Crippen molar-refractivity contribution < 1.29 is 0 Å². The first-order valence-corrected chi connectivity index (χ1v) is 8.23. The summed E-state index contributed by atoms with van der Waals surface area (Å²) in [5.41, 5.74) is 6.65. The standard InChI is InChI=1S/C16H30N2/c1-2-15-7-4-8-16(15,12-17)18-10-13-5-3-6-14(9-13)11-18/h13-15H,2-12,17H2,1H3. The van der Waals surface area contributed by atoms with Crippen LogP contribution in [-0.2, 0) is 0 Å². The lowest BCUT2D eigenvalue weighted by atomic mass is 9.74. The van der Waals surface area contributed by atoms with Crippen LogP contribution in [0.2, 0.25) is 0 Å². The van der Waals surface area contributed by atoms with E-state index in [-0.39, 0.29) is 0 Å². The van der Waals surface area contributed by atoms with Gasteiger partial charge >= 0.3 is 0 Å². The Balaban J connectivity index is 1.79. The number of nitrogens with zero attached hydrogens (tertiary/aromatic N) is 1. The molecule has 1 aliphatic heterocycles. The van der Waals surface area contributed by atoms with E-state index >= 15 is 0 Å². The molecule has 3 rings (SSSR count). The predicted octanol–water partition coefficient (Wildman–Crippen LogP) is 3.02. The van der Waals surface area contributed by atoms with E-state index in [4.69, 9.17) is 5.73 Å². The molecule has 2 bridgehead atoms. The maximum absolute atomic E-state index is 6.27. The van der Waals surface area contributed by atoms with E-state index in [1.54, 1.807) is 0 Å². The van der Waals surface area contributed by atoms with Crippen LogP contribution in [0.15, 0.2) is 0 Å². The second kappa shape index (κ2) is 5.13. The lowest BCUT2D eigenvalue weighted by Crippen LogP contribution is -2.60. The Morgan fingerprint density at radius 1 is 1.11 bits per heavy atom. The maximum Gasteiger partial charge on any atom is 0.0359 e. The van der Waals surface area contributed by atoms with E-state index in [1.807, 2.05) is 0 Å². The molecule has 3 aliphatic rings. The topological polar surface area (TPSA) is 29.3 Å². The van der Waals surface area contributed by atoms with Gasteiger partial charge in [-0.05, 0) is 49.9 Å². The number of fused-ring (bicyclic) bond motifs is 2. The zero-order valence-electron chi connectivity index (χ0n) is 12.0. The molecule has 2 nitrogen and oxygen atoms in total. The van der Waals surface area contributed by atoms with Gasteiger partial charge in [-0.25, -0.2) is 0 Å². The average Bonchev–Trinajstić information content (AvgIpc) is 2.82. The molecule has 1 heterocycles. The lowest BCUT2D eigenvalue weighted by molar-refractivity contribution is -0.0192. The summed E-state index contributed by atoms with van der Waals surface area (Å²) in [5.74, 6) is 2.83. The second-order valence-corrected chi connectivity index (χ2v) is 7.11. The van der Waals surface area contributed by atoms with Crippen LogP contribution < -0.4 is 5.73 Å². The monoisotopic (exact) mass is 250 g/mol. The SMILES string of the molecule is CCC1CCCC1(CN)N1CC2CCCC(C2)C1. The predicted molar refractivity (Wildman–Crippen MR) is 76.4 cm³/mol. The van der Waals surface area contributed by atoms with E-state index in [0.717, 1.165) is 24.3 Å². The first kappa shape index (κ1) is 12.9. The van der Waals surface area contributed by atoms with Crippen molar-refractivity contribution in [1.82, 2.24) is 4.90 Å². The average molecular weight is 250 g/mol. The quantitative estimate of drug-likeness (QED) is 0.834. The Hall–Kier alpha value is -0.0800. The van der Waals surface area contributed by atoms with Gasteiger partial charge < -0.3 is 5.73 Å². The van der Waals surface area contributed by atoms with Crippen molar-refractivity contribution in [2.45, 2.75) is 63.8 Å². The van der Waals surface area contributed by atoms with Crippen LogP contribution in [0.25, 0.3) is 0 Å².